The Morgan fingerprint density at radius 3 is 1.90 bits per heavy atom. The number of aryl methyl sites for hydroxylation is 1. The van der Waals surface area contributed by atoms with Crippen LogP contribution in [-0.2, 0) is 17.8 Å². The first-order valence-corrected chi connectivity index (χ1v) is 6.46. The van der Waals surface area contributed by atoms with Crippen LogP contribution < -0.4 is 5.32 Å². The lowest BCUT2D eigenvalue weighted by Gasteiger charge is -2.06. The highest BCUT2D eigenvalue weighted by atomic mass is 16.3. The molecule has 0 unspecified atom stereocenters. The van der Waals surface area contributed by atoms with E-state index in [1.807, 2.05) is 12.1 Å². The highest BCUT2D eigenvalue weighted by Crippen LogP contribution is 2.11. The average molecular weight is 271 g/mol. The molecule has 0 radical (unpaired) electrons. The molecule has 4 heteroatoms. The molecule has 1 amide bonds. The van der Waals surface area contributed by atoms with E-state index < -0.39 is 0 Å². The number of hydrogen-bond acceptors (Lipinski definition) is 3. The van der Waals surface area contributed by atoms with Gasteiger partial charge in [-0.2, -0.15) is 0 Å². The first kappa shape index (κ1) is 13.9. The fourth-order valence-electron chi connectivity index (χ4n) is 1.82. The Hall–Kier alpha value is -2.49. The summed E-state index contributed by atoms with van der Waals surface area (Å²) in [5, 5.41) is 21.2. The highest BCUT2D eigenvalue weighted by molar-refractivity contribution is 5.76. The van der Waals surface area contributed by atoms with E-state index in [1.165, 1.54) is 0 Å². The Kier molecular flexibility index (Phi) is 4.60. The van der Waals surface area contributed by atoms with Crippen LogP contribution in [0.5, 0.6) is 11.5 Å². The second kappa shape index (κ2) is 6.61. The second-order valence-corrected chi connectivity index (χ2v) is 4.61. The number of benzene rings is 2. The summed E-state index contributed by atoms with van der Waals surface area (Å²) < 4.78 is 0. The summed E-state index contributed by atoms with van der Waals surface area (Å²) in [4.78, 5) is 11.7. The SMILES string of the molecule is O=C(CCc1ccc(O)cc1)NCc1ccc(O)cc1. The summed E-state index contributed by atoms with van der Waals surface area (Å²) in [6.45, 7) is 0.453. The van der Waals surface area contributed by atoms with Crippen LogP contribution in [0.3, 0.4) is 0 Å². The van der Waals surface area contributed by atoms with Crippen molar-refractivity contribution in [3.05, 3.63) is 59.7 Å². The van der Waals surface area contributed by atoms with Gasteiger partial charge in [-0.15, -0.1) is 0 Å². The van der Waals surface area contributed by atoms with Crippen LogP contribution in [0.4, 0.5) is 0 Å². The molecule has 2 rings (SSSR count). The van der Waals surface area contributed by atoms with Gasteiger partial charge in [0.2, 0.25) is 5.91 Å². The van der Waals surface area contributed by atoms with Gasteiger partial charge in [-0.05, 0) is 41.8 Å². The molecule has 0 saturated carbocycles. The minimum atomic E-state index is -0.0221. The number of rotatable bonds is 5. The quantitative estimate of drug-likeness (QED) is 0.781. The molecule has 0 aliphatic carbocycles. The lowest BCUT2D eigenvalue weighted by molar-refractivity contribution is -0.121. The van der Waals surface area contributed by atoms with Gasteiger partial charge in [0, 0.05) is 13.0 Å². The molecule has 0 spiro atoms. The first-order valence-electron chi connectivity index (χ1n) is 6.46. The molecule has 0 fully saturated rings. The van der Waals surface area contributed by atoms with Crippen LogP contribution >= 0.6 is 0 Å². The van der Waals surface area contributed by atoms with E-state index in [1.54, 1.807) is 36.4 Å². The molecule has 0 aliphatic heterocycles. The smallest absolute Gasteiger partial charge is 0.220 e. The zero-order valence-electron chi connectivity index (χ0n) is 11.0. The highest BCUT2D eigenvalue weighted by Gasteiger charge is 2.02. The molecule has 104 valence electrons. The van der Waals surface area contributed by atoms with Crippen LogP contribution in [0.2, 0.25) is 0 Å². The summed E-state index contributed by atoms with van der Waals surface area (Å²) in [5.74, 6) is 0.420. The van der Waals surface area contributed by atoms with E-state index in [0.29, 0.717) is 19.4 Å². The average Bonchev–Trinajstić information content (AvgIpc) is 2.46. The van der Waals surface area contributed by atoms with Crippen LogP contribution in [0.1, 0.15) is 17.5 Å². The zero-order chi connectivity index (χ0) is 14.4. The predicted octanol–water partition coefficient (Wildman–Crippen LogP) is 2.35. The van der Waals surface area contributed by atoms with Crippen molar-refractivity contribution >= 4 is 5.91 Å². The fourth-order valence-corrected chi connectivity index (χ4v) is 1.82. The van der Waals surface area contributed by atoms with Gasteiger partial charge >= 0.3 is 0 Å². The van der Waals surface area contributed by atoms with Crippen LogP contribution in [0.25, 0.3) is 0 Å². The Balaban J connectivity index is 1.75. The molecule has 20 heavy (non-hydrogen) atoms. The Labute approximate surface area is 117 Å². The molecule has 0 atom stereocenters. The molecule has 0 bridgehead atoms. The van der Waals surface area contributed by atoms with Crippen molar-refractivity contribution in [1.82, 2.24) is 5.32 Å². The van der Waals surface area contributed by atoms with Crippen LogP contribution in [0.15, 0.2) is 48.5 Å². The minimum absolute atomic E-state index is 0.0221. The van der Waals surface area contributed by atoms with Gasteiger partial charge in [0.25, 0.3) is 0 Å². The largest absolute Gasteiger partial charge is 0.508 e. The summed E-state index contributed by atoms with van der Waals surface area (Å²) in [5.41, 5.74) is 1.96. The molecule has 0 heterocycles. The lowest BCUT2D eigenvalue weighted by Crippen LogP contribution is -2.22. The first-order chi connectivity index (χ1) is 9.63. The summed E-state index contributed by atoms with van der Waals surface area (Å²) in [7, 11) is 0. The van der Waals surface area contributed by atoms with Gasteiger partial charge in [-0.25, -0.2) is 0 Å². The van der Waals surface area contributed by atoms with Crippen molar-refractivity contribution in [2.24, 2.45) is 0 Å². The van der Waals surface area contributed by atoms with Gasteiger partial charge < -0.3 is 15.5 Å². The maximum absolute atomic E-state index is 11.7. The number of carbonyl (C=O) groups excluding carboxylic acids is 1. The third kappa shape index (κ3) is 4.31. The number of nitrogens with one attached hydrogen (secondary N) is 1. The van der Waals surface area contributed by atoms with Crippen molar-refractivity contribution in [2.45, 2.75) is 19.4 Å². The molecular formula is C16H17NO3. The maximum Gasteiger partial charge on any atom is 0.220 e. The number of phenolic OH excluding ortho intramolecular Hbond substituents is 2. The van der Waals surface area contributed by atoms with E-state index in [9.17, 15) is 4.79 Å². The van der Waals surface area contributed by atoms with Gasteiger partial charge in [-0.3, -0.25) is 4.79 Å². The molecule has 3 N–H and O–H groups in total. The summed E-state index contributed by atoms with van der Waals surface area (Å²) in [6, 6.07) is 13.6. The van der Waals surface area contributed by atoms with Gasteiger partial charge in [0.1, 0.15) is 11.5 Å². The monoisotopic (exact) mass is 271 g/mol. The number of hydrogen-bond donors (Lipinski definition) is 3. The fraction of sp³-hybridized carbons (Fsp3) is 0.188. The topological polar surface area (TPSA) is 69.6 Å². The number of phenols is 2. The third-order valence-corrected chi connectivity index (χ3v) is 3.00. The molecule has 0 aliphatic rings. The molecule has 2 aromatic carbocycles. The van der Waals surface area contributed by atoms with E-state index in [0.717, 1.165) is 11.1 Å². The van der Waals surface area contributed by atoms with E-state index in [4.69, 9.17) is 10.2 Å². The van der Waals surface area contributed by atoms with Crippen molar-refractivity contribution in [3.8, 4) is 11.5 Å². The standard InChI is InChI=1S/C16H17NO3/c18-14-6-1-12(2-7-14)5-10-16(20)17-11-13-3-8-15(19)9-4-13/h1-4,6-9,18-19H,5,10-11H2,(H,17,20). The molecular weight excluding hydrogens is 254 g/mol. The molecule has 0 aromatic heterocycles. The number of carbonyl (C=O) groups is 1. The predicted molar refractivity (Wildman–Crippen MR) is 76.4 cm³/mol. The molecule has 2 aromatic rings. The van der Waals surface area contributed by atoms with E-state index >= 15 is 0 Å². The minimum Gasteiger partial charge on any atom is -0.508 e. The Bertz CT molecular complexity index is 510. The third-order valence-electron chi connectivity index (χ3n) is 3.00. The van der Waals surface area contributed by atoms with Crippen molar-refractivity contribution in [1.29, 1.82) is 0 Å². The van der Waals surface area contributed by atoms with Crippen molar-refractivity contribution in [3.63, 3.8) is 0 Å². The van der Waals surface area contributed by atoms with Crippen LogP contribution in [0, 0.1) is 0 Å². The number of aromatic hydroxyl groups is 2. The number of amides is 1. The zero-order valence-corrected chi connectivity index (χ0v) is 11.0. The summed E-state index contributed by atoms with van der Waals surface area (Å²) >= 11 is 0. The van der Waals surface area contributed by atoms with Crippen molar-refractivity contribution in [2.75, 3.05) is 0 Å². The lowest BCUT2D eigenvalue weighted by atomic mass is 10.1. The van der Waals surface area contributed by atoms with E-state index in [2.05, 4.69) is 5.32 Å². The van der Waals surface area contributed by atoms with Gasteiger partial charge in [0.15, 0.2) is 0 Å². The van der Waals surface area contributed by atoms with Crippen molar-refractivity contribution < 1.29 is 15.0 Å². The Morgan fingerprint density at radius 1 is 0.850 bits per heavy atom. The van der Waals surface area contributed by atoms with Gasteiger partial charge in [0.05, 0.1) is 0 Å². The Morgan fingerprint density at radius 2 is 1.35 bits per heavy atom. The molecule has 0 saturated heterocycles. The second-order valence-electron chi connectivity index (χ2n) is 4.61. The normalized spacial score (nSPS) is 10.2. The van der Waals surface area contributed by atoms with Crippen LogP contribution in [-0.4, -0.2) is 16.1 Å². The van der Waals surface area contributed by atoms with Gasteiger partial charge in [-0.1, -0.05) is 24.3 Å². The summed E-state index contributed by atoms with van der Waals surface area (Å²) in [6.07, 6.45) is 1.05. The maximum atomic E-state index is 11.7. The molecule has 4 nitrogen and oxygen atoms in total. The van der Waals surface area contributed by atoms with E-state index in [-0.39, 0.29) is 17.4 Å².